The number of hydrogen-bond acceptors (Lipinski definition) is 7. The summed E-state index contributed by atoms with van der Waals surface area (Å²) >= 11 is 1.68. The van der Waals surface area contributed by atoms with Gasteiger partial charge in [0.05, 0.1) is 11.5 Å². The molecule has 2 aromatic carbocycles. The van der Waals surface area contributed by atoms with E-state index >= 15 is 0 Å². The minimum Gasteiger partial charge on any atom is -0.494 e. The second kappa shape index (κ2) is 10.7. The minimum absolute atomic E-state index is 0.00981. The average Bonchev–Trinajstić information content (AvgIpc) is 3.42. The molecule has 0 spiro atoms. The van der Waals surface area contributed by atoms with Gasteiger partial charge >= 0.3 is 0 Å². The Labute approximate surface area is 203 Å². The third-order valence-corrected chi connectivity index (χ3v) is 9.32. The second-order valence-electron chi connectivity index (χ2n) is 8.19. The van der Waals surface area contributed by atoms with Crippen molar-refractivity contribution in [2.45, 2.75) is 35.3 Å². The number of hydrogen-bond donors (Lipinski definition) is 2. The Hall–Kier alpha value is -2.72. The first kappa shape index (κ1) is 24.4. The zero-order valence-corrected chi connectivity index (χ0v) is 20.2. The number of sulfone groups is 1. The number of thiophene rings is 1. The highest BCUT2D eigenvalue weighted by molar-refractivity contribution is 7.93. The van der Waals surface area contributed by atoms with Gasteiger partial charge in [-0.25, -0.2) is 13.9 Å². The Morgan fingerprint density at radius 3 is 2.53 bits per heavy atom. The van der Waals surface area contributed by atoms with Gasteiger partial charge in [0.2, 0.25) is 0 Å². The van der Waals surface area contributed by atoms with Crippen molar-refractivity contribution in [1.82, 2.24) is 5.48 Å². The fourth-order valence-corrected chi connectivity index (χ4v) is 6.77. The summed E-state index contributed by atoms with van der Waals surface area (Å²) in [7, 11) is -4.04. The molecule has 1 saturated heterocycles. The van der Waals surface area contributed by atoms with Crippen LogP contribution in [0.15, 0.2) is 70.3 Å². The van der Waals surface area contributed by atoms with E-state index in [2.05, 4.69) is 41.1 Å². The van der Waals surface area contributed by atoms with E-state index in [1.54, 1.807) is 23.5 Å². The Morgan fingerprint density at radius 2 is 1.85 bits per heavy atom. The van der Waals surface area contributed by atoms with Gasteiger partial charge in [-0.05, 0) is 83.5 Å². The largest absolute Gasteiger partial charge is 0.494 e. The number of benzene rings is 2. The van der Waals surface area contributed by atoms with Crippen LogP contribution in [0.3, 0.4) is 0 Å². The summed E-state index contributed by atoms with van der Waals surface area (Å²) in [5.74, 6) is -0.377. The summed E-state index contributed by atoms with van der Waals surface area (Å²) in [4.78, 5) is 12.3. The Bertz CT molecular complexity index is 1200. The van der Waals surface area contributed by atoms with E-state index < -0.39 is 20.5 Å². The smallest absolute Gasteiger partial charge is 0.265 e. The number of aryl methyl sites for hydroxylation is 1. The lowest BCUT2D eigenvalue weighted by molar-refractivity contribution is -0.134. The average molecular weight is 502 g/mol. The first-order valence-corrected chi connectivity index (χ1v) is 13.5. The van der Waals surface area contributed by atoms with Crippen molar-refractivity contribution in [1.29, 1.82) is 0 Å². The van der Waals surface area contributed by atoms with Crippen LogP contribution in [0.2, 0.25) is 0 Å². The number of hydroxylamine groups is 1. The molecule has 0 radical (unpaired) electrons. The number of carbonyl (C=O) groups is 1. The van der Waals surface area contributed by atoms with Crippen LogP contribution in [0, 0.1) is 0 Å². The molecule has 1 amide bonds. The molecule has 4 rings (SSSR count). The highest BCUT2D eigenvalue weighted by atomic mass is 32.2. The summed E-state index contributed by atoms with van der Waals surface area (Å²) in [5.41, 5.74) is 5.18. The first-order chi connectivity index (χ1) is 16.5. The minimum atomic E-state index is -4.04. The molecule has 0 aliphatic carbocycles. The second-order valence-corrected chi connectivity index (χ2v) is 11.2. The topological polar surface area (TPSA) is 102 Å². The van der Waals surface area contributed by atoms with Gasteiger partial charge in [-0.2, -0.15) is 11.3 Å². The van der Waals surface area contributed by atoms with Gasteiger partial charge in [0.15, 0.2) is 14.6 Å². The predicted octanol–water partition coefficient (Wildman–Crippen LogP) is 4.26. The third-order valence-electron chi connectivity index (χ3n) is 6.12. The molecule has 34 heavy (non-hydrogen) atoms. The molecular weight excluding hydrogens is 474 g/mol. The van der Waals surface area contributed by atoms with Crippen LogP contribution in [0.5, 0.6) is 5.75 Å². The lowest BCUT2D eigenvalue weighted by atomic mass is 9.98. The third kappa shape index (κ3) is 5.02. The number of ether oxygens (including phenoxy) is 2. The van der Waals surface area contributed by atoms with Gasteiger partial charge < -0.3 is 9.47 Å². The summed E-state index contributed by atoms with van der Waals surface area (Å²) in [6.07, 6.45) is 1.64. The van der Waals surface area contributed by atoms with Crippen molar-refractivity contribution in [3.8, 4) is 16.9 Å². The summed E-state index contributed by atoms with van der Waals surface area (Å²) in [6.45, 7) is 0.747. The van der Waals surface area contributed by atoms with E-state index in [0.29, 0.717) is 12.4 Å². The summed E-state index contributed by atoms with van der Waals surface area (Å²) in [5, 5.41) is 13.3. The van der Waals surface area contributed by atoms with Crippen molar-refractivity contribution < 1.29 is 27.9 Å². The lowest BCUT2D eigenvalue weighted by Gasteiger charge is -2.34. The lowest BCUT2D eigenvalue weighted by Crippen LogP contribution is -2.54. The fraction of sp³-hybridized carbons (Fsp3) is 0.320. The fourth-order valence-electron chi connectivity index (χ4n) is 4.16. The van der Waals surface area contributed by atoms with E-state index in [-0.39, 0.29) is 31.0 Å². The SMILES string of the molecule is O=C(NO)C1(S(=O)(=O)c2ccc(OCCCc3cccc(-c4ccsc4)c3)cc2)CCOCC1. The van der Waals surface area contributed by atoms with Crippen molar-refractivity contribution in [3.63, 3.8) is 0 Å². The van der Waals surface area contributed by atoms with E-state index in [4.69, 9.17) is 14.7 Å². The maximum Gasteiger partial charge on any atom is 0.265 e. The van der Waals surface area contributed by atoms with E-state index in [9.17, 15) is 13.2 Å². The first-order valence-electron chi connectivity index (χ1n) is 11.1. The monoisotopic (exact) mass is 501 g/mol. The highest BCUT2D eigenvalue weighted by Gasteiger charge is 2.52. The summed E-state index contributed by atoms with van der Waals surface area (Å²) < 4.78 is 35.9. The number of nitrogens with one attached hydrogen (secondary N) is 1. The van der Waals surface area contributed by atoms with Crippen molar-refractivity contribution in [2.75, 3.05) is 19.8 Å². The van der Waals surface area contributed by atoms with Crippen LogP contribution in [0.4, 0.5) is 0 Å². The zero-order chi connectivity index (χ0) is 24.0. The molecule has 0 atom stereocenters. The van der Waals surface area contributed by atoms with Gasteiger partial charge in [0, 0.05) is 13.2 Å². The normalized spacial score (nSPS) is 15.6. The molecule has 0 bridgehead atoms. The maximum atomic E-state index is 13.3. The van der Waals surface area contributed by atoms with Crippen LogP contribution in [-0.2, 0) is 25.8 Å². The van der Waals surface area contributed by atoms with Gasteiger partial charge in [-0.1, -0.05) is 24.3 Å². The molecule has 2 heterocycles. The molecule has 1 aliphatic rings. The van der Waals surface area contributed by atoms with Crippen LogP contribution in [0.1, 0.15) is 24.8 Å². The van der Waals surface area contributed by atoms with Crippen molar-refractivity contribution in [3.05, 3.63) is 70.9 Å². The van der Waals surface area contributed by atoms with Crippen LogP contribution in [0.25, 0.3) is 11.1 Å². The molecule has 2 N–H and O–H groups in total. The molecule has 1 aromatic heterocycles. The van der Waals surface area contributed by atoms with E-state index in [1.165, 1.54) is 34.3 Å². The van der Waals surface area contributed by atoms with Gasteiger partial charge in [0.1, 0.15) is 5.75 Å². The molecular formula is C25H27NO6S2. The van der Waals surface area contributed by atoms with Crippen LogP contribution < -0.4 is 10.2 Å². The molecule has 0 unspecified atom stereocenters. The van der Waals surface area contributed by atoms with Crippen molar-refractivity contribution >= 4 is 27.1 Å². The predicted molar refractivity (Wildman–Crippen MR) is 130 cm³/mol. The maximum absolute atomic E-state index is 13.3. The Morgan fingerprint density at radius 1 is 1.09 bits per heavy atom. The van der Waals surface area contributed by atoms with Gasteiger partial charge in [-0.3, -0.25) is 10.0 Å². The quantitative estimate of drug-likeness (QED) is 0.258. The molecule has 0 saturated carbocycles. The van der Waals surface area contributed by atoms with E-state index in [0.717, 1.165) is 12.8 Å². The molecule has 1 aliphatic heterocycles. The molecule has 7 nitrogen and oxygen atoms in total. The van der Waals surface area contributed by atoms with E-state index in [1.807, 2.05) is 0 Å². The van der Waals surface area contributed by atoms with Crippen LogP contribution >= 0.6 is 11.3 Å². The Kier molecular flexibility index (Phi) is 7.67. The summed E-state index contributed by atoms with van der Waals surface area (Å²) in [6, 6.07) is 16.6. The molecule has 1 fully saturated rings. The Balaban J connectivity index is 1.36. The van der Waals surface area contributed by atoms with Gasteiger partial charge in [0.25, 0.3) is 5.91 Å². The molecule has 9 heteroatoms. The van der Waals surface area contributed by atoms with Crippen molar-refractivity contribution in [2.24, 2.45) is 0 Å². The number of rotatable bonds is 9. The molecule has 3 aromatic rings. The van der Waals surface area contributed by atoms with Crippen LogP contribution in [-0.4, -0.2) is 44.1 Å². The number of amides is 1. The highest BCUT2D eigenvalue weighted by Crippen LogP contribution is 2.35. The zero-order valence-electron chi connectivity index (χ0n) is 18.6. The van der Waals surface area contributed by atoms with Gasteiger partial charge in [-0.15, -0.1) is 0 Å². The number of carbonyl (C=O) groups excluding carboxylic acids is 1. The molecule has 180 valence electrons. The standard InChI is InChI=1S/C25H27NO6S2/c27-24(26-28)25(11-14-31-15-12-25)34(29,30)23-8-6-22(7-9-23)32-13-2-4-19-3-1-5-20(17-19)21-10-16-33-18-21/h1,3,5-10,16-18,28H,2,4,11-15H2,(H,26,27).